The topological polar surface area (TPSA) is 80.7 Å². The minimum absolute atomic E-state index is 0.0371. The van der Waals surface area contributed by atoms with Crippen LogP contribution < -0.4 is 0 Å². The van der Waals surface area contributed by atoms with E-state index in [1.54, 1.807) is 0 Å². The first-order valence-electron chi connectivity index (χ1n) is 6.03. The van der Waals surface area contributed by atoms with Crippen molar-refractivity contribution >= 4 is 17.7 Å². The number of carbonyl (C=O) groups excluding carboxylic acids is 2. The Labute approximate surface area is 110 Å². The zero-order valence-corrected chi connectivity index (χ0v) is 10.2. The van der Waals surface area contributed by atoms with Crippen LogP contribution >= 0.6 is 0 Å². The fourth-order valence-corrected chi connectivity index (χ4v) is 2.20. The number of ketones is 1. The summed E-state index contributed by atoms with van der Waals surface area (Å²) in [4.78, 5) is 34.1. The van der Waals surface area contributed by atoms with Gasteiger partial charge in [-0.15, -0.1) is 0 Å². The molecule has 1 fully saturated rings. The minimum atomic E-state index is -1.12. The van der Waals surface area contributed by atoms with Crippen molar-refractivity contribution in [3.8, 4) is 0 Å². The highest BCUT2D eigenvalue weighted by atomic mass is 16.5. The molecule has 0 saturated heterocycles. The molecule has 5 nitrogen and oxygen atoms in total. The molecule has 1 aromatic rings. The van der Waals surface area contributed by atoms with E-state index in [0.717, 1.165) is 5.56 Å². The van der Waals surface area contributed by atoms with Gasteiger partial charge in [-0.3, -0.25) is 14.4 Å². The van der Waals surface area contributed by atoms with Crippen molar-refractivity contribution in [3.63, 3.8) is 0 Å². The second-order valence-corrected chi connectivity index (χ2v) is 4.59. The van der Waals surface area contributed by atoms with Gasteiger partial charge in [0, 0.05) is 12.8 Å². The number of carboxylic acids is 1. The maximum atomic E-state index is 11.8. The molecule has 0 heterocycles. The van der Waals surface area contributed by atoms with Gasteiger partial charge in [-0.1, -0.05) is 30.3 Å². The van der Waals surface area contributed by atoms with Gasteiger partial charge in [0.1, 0.15) is 12.4 Å². The first-order valence-corrected chi connectivity index (χ1v) is 6.03. The third-order valence-corrected chi connectivity index (χ3v) is 3.22. The van der Waals surface area contributed by atoms with Crippen molar-refractivity contribution < 1.29 is 24.2 Å². The first kappa shape index (κ1) is 13.3. The second kappa shape index (κ2) is 5.65. The molecule has 100 valence electrons. The maximum absolute atomic E-state index is 11.8. The van der Waals surface area contributed by atoms with Crippen molar-refractivity contribution in [1.29, 1.82) is 0 Å². The van der Waals surface area contributed by atoms with Gasteiger partial charge >= 0.3 is 11.9 Å². The minimum Gasteiger partial charge on any atom is -0.481 e. The number of rotatable bonds is 4. The average Bonchev–Trinajstić information content (AvgIpc) is 2.79. The Kier molecular flexibility index (Phi) is 3.94. The van der Waals surface area contributed by atoms with Crippen LogP contribution in [0.2, 0.25) is 0 Å². The maximum Gasteiger partial charge on any atom is 0.310 e. The Morgan fingerprint density at radius 1 is 1.16 bits per heavy atom. The van der Waals surface area contributed by atoms with Gasteiger partial charge in [0.15, 0.2) is 0 Å². The lowest BCUT2D eigenvalue weighted by molar-refractivity contribution is -0.157. The number of hydrogen-bond acceptors (Lipinski definition) is 4. The van der Waals surface area contributed by atoms with E-state index in [2.05, 4.69) is 0 Å². The molecule has 0 aromatic heterocycles. The molecule has 0 spiro atoms. The molecule has 0 bridgehead atoms. The lowest BCUT2D eigenvalue weighted by Gasteiger charge is -2.13. The number of esters is 1. The standard InChI is InChI=1S/C14H14O5/c15-10-6-11(13(16)17)12(7-10)14(18)19-8-9-4-2-1-3-5-9/h1-5,11-12H,6-8H2,(H,16,17)/t11-,12-/m0/s1. The van der Waals surface area contributed by atoms with Gasteiger partial charge in [0.25, 0.3) is 0 Å². The monoisotopic (exact) mass is 262 g/mol. The summed E-state index contributed by atoms with van der Waals surface area (Å²) in [6.07, 6.45) is -0.120. The Balaban J connectivity index is 1.96. The molecule has 1 aliphatic carbocycles. The molecule has 0 aliphatic heterocycles. The Morgan fingerprint density at radius 3 is 2.42 bits per heavy atom. The highest BCUT2D eigenvalue weighted by Gasteiger charge is 2.43. The molecule has 19 heavy (non-hydrogen) atoms. The van der Waals surface area contributed by atoms with Crippen LogP contribution in [0.15, 0.2) is 30.3 Å². The third kappa shape index (κ3) is 3.19. The normalized spacial score (nSPS) is 22.2. The molecule has 1 aliphatic rings. The van der Waals surface area contributed by atoms with E-state index in [9.17, 15) is 14.4 Å². The molecule has 0 radical (unpaired) electrons. The van der Waals surface area contributed by atoms with E-state index < -0.39 is 23.8 Å². The summed E-state index contributed by atoms with van der Waals surface area (Å²) in [6.45, 7) is 0.0940. The quantitative estimate of drug-likeness (QED) is 0.830. The predicted molar refractivity (Wildman–Crippen MR) is 65.1 cm³/mol. The lowest BCUT2D eigenvalue weighted by atomic mass is 9.96. The van der Waals surface area contributed by atoms with Gasteiger partial charge in [0.05, 0.1) is 11.8 Å². The van der Waals surface area contributed by atoms with Crippen molar-refractivity contribution in [1.82, 2.24) is 0 Å². The van der Waals surface area contributed by atoms with E-state index in [0.29, 0.717) is 0 Å². The van der Waals surface area contributed by atoms with Gasteiger partial charge < -0.3 is 9.84 Å². The number of hydrogen-bond donors (Lipinski definition) is 1. The van der Waals surface area contributed by atoms with E-state index in [1.165, 1.54) is 0 Å². The summed E-state index contributed by atoms with van der Waals surface area (Å²) in [5, 5.41) is 8.98. The molecule has 1 saturated carbocycles. The number of carboxylic acid groups (broad SMARTS) is 1. The van der Waals surface area contributed by atoms with Crippen molar-refractivity contribution in [2.75, 3.05) is 0 Å². The number of carbonyl (C=O) groups is 3. The third-order valence-electron chi connectivity index (χ3n) is 3.22. The Bertz CT molecular complexity index is 494. The van der Waals surface area contributed by atoms with Crippen molar-refractivity contribution in [3.05, 3.63) is 35.9 Å². The fourth-order valence-electron chi connectivity index (χ4n) is 2.20. The van der Waals surface area contributed by atoms with Crippen LogP contribution in [0.25, 0.3) is 0 Å². The molecule has 1 aromatic carbocycles. The van der Waals surface area contributed by atoms with Gasteiger partial charge in [-0.2, -0.15) is 0 Å². The fraction of sp³-hybridized carbons (Fsp3) is 0.357. The summed E-state index contributed by atoms with van der Waals surface area (Å²) < 4.78 is 5.09. The van der Waals surface area contributed by atoms with Crippen LogP contribution in [0, 0.1) is 11.8 Å². The first-order chi connectivity index (χ1) is 9.08. The molecule has 0 unspecified atom stereocenters. The molecule has 2 rings (SSSR count). The van der Waals surface area contributed by atoms with E-state index >= 15 is 0 Å². The largest absolute Gasteiger partial charge is 0.481 e. The SMILES string of the molecule is O=C1C[C@H](C(=O)O)[C@@H](C(=O)OCc2ccccc2)C1. The van der Waals surface area contributed by atoms with Crippen LogP contribution in [0.1, 0.15) is 18.4 Å². The van der Waals surface area contributed by atoms with Crippen LogP contribution in [-0.4, -0.2) is 22.8 Å². The average molecular weight is 262 g/mol. The van der Waals surface area contributed by atoms with E-state index in [1.807, 2.05) is 30.3 Å². The van der Waals surface area contributed by atoms with Gasteiger partial charge in [-0.25, -0.2) is 0 Å². The van der Waals surface area contributed by atoms with Crippen LogP contribution in [-0.2, 0) is 25.7 Å². The van der Waals surface area contributed by atoms with E-state index in [-0.39, 0.29) is 25.2 Å². The Hall–Kier alpha value is -2.17. The number of aliphatic carboxylic acids is 1. The molecule has 0 amide bonds. The summed E-state index contributed by atoms with van der Waals surface area (Å²) >= 11 is 0. The van der Waals surface area contributed by atoms with Crippen molar-refractivity contribution in [2.45, 2.75) is 19.4 Å². The highest BCUT2D eigenvalue weighted by molar-refractivity contribution is 5.94. The number of Topliss-reactive ketones (excluding diaryl/α,β-unsaturated/α-hetero) is 1. The number of benzene rings is 1. The summed E-state index contributed by atoms with van der Waals surface area (Å²) in [6, 6.07) is 9.11. The highest BCUT2D eigenvalue weighted by Crippen LogP contribution is 2.30. The van der Waals surface area contributed by atoms with Crippen LogP contribution in [0.4, 0.5) is 0 Å². The Morgan fingerprint density at radius 2 is 1.79 bits per heavy atom. The lowest BCUT2D eigenvalue weighted by Crippen LogP contribution is -2.26. The smallest absolute Gasteiger partial charge is 0.310 e. The van der Waals surface area contributed by atoms with Gasteiger partial charge in [0.2, 0.25) is 0 Å². The second-order valence-electron chi connectivity index (χ2n) is 4.59. The van der Waals surface area contributed by atoms with E-state index in [4.69, 9.17) is 9.84 Å². The molecular weight excluding hydrogens is 248 g/mol. The molecular formula is C14H14O5. The van der Waals surface area contributed by atoms with Crippen LogP contribution in [0.3, 0.4) is 0 Å². The summed E-state index contributed by atoms with van der Waals surface area (Å²) in [5.74, 6) is -3.73. The number of ether oxygens (including phenoxy) is 1. The molecule has 2 atom stereocenters. The zero-order valence-electron chi connectivity index (χ0n) is 10.2. The van der Waals surface area contributed by atoms with Crippen molar-refractivity contribution in [2.24, 2.45) is 11.8 Å². The summed E-state index contributed by atoms with van der Waals surface area (Å²) in [7, 11) is 0. The summed E-state index contributed by atoms with van der Waals surface area (Å²) in [5.41, 5.74) is 0.826. The van der Waals surface area contributed by atoms with Gasteiger partial charge in [-0.05, 0) is 5.56 Å². The molecule has 5 heteroatoms. The van der Waals surface area contributed by atoms with Crippen LogP contribution in [0.5, 0.6) is 0 Å². The predicted octanol–water partition coefficient (Wildman–Crippen LogP) is 1.41. The zero-order chi connectivity index (χ0) is 13.8. The molecule has 1 N–H and O–H groups in total.